The summed E-state index contributed by atoms with van der Waals surface area (Å²) in [5.41, 5.74) is 10.2. The zero-order valence-corrected chi connectivity index (χ0v) is 15.0. The molecule has 4 aromatic rings. The van der Waals surface area contributed by atoms with Gasteiger partial charge in [0.1, 0.15) is 11.6 Å². The molecule has 0 radical (unpaired) electrons. The third-order valence-electron chi connectivity index (χ3n) is 5.35. The van der Waals surface area contributed by atoms with Gasteiger partial charge in [0.2, 0.25) is 5.71 Å². The second-order valence-electron chi connectivity index (χ2n) is 7.12. The highest BCUT2D eigenvalue weighted by atomic mass is 19.1. The van der Waals surface area contributed by atoms with Crippen LogP contribution >= 0.6 is 0 Å². The maximum Gasteiger partial charge on any atom is 0.229 e. The molecule has 0 bridgehead atoms. The first-order chi connectivity index (χ1) is 13.6. The number of nitrogen functional groups attached to an aromatic ring is 1. The van der Waals surface area contributed by atoms with Crippen LogP contribution < -0.4 is 5.73 Å². The van der Waals surface area contributed by atoms with Crippen molar-refractivity contribution in [1.29, 1.82) is 0 Å². The highest BCUT2D eigenvalue weighted by Crippen LogP contribution is 2.39. The second kappa shape index (κ2) is 6.30. The van der Waals surface area contributed by atoms with E-state index < -0.39 is 0 Å². The molecular formula is C23H17FN2O2. The molecular weight excluding hydrogens is 355 g/mol. The Bertz CT molecular complexity index is 1200. The zero-order valence-electron chi connectivity index (χ0n) is 15.0. The number of pyridine rings is 1. The lowest BCUT2D eigenvalue weighted by Gasteiger charge is -2.24. The molecule has 1 atom stereocenters. The van der Waals surface area contributed by atoms with Gasteiger partial charge in [-0.05, 0) is 36.1 Å². The van der Waals surface area contributed by atoms with E-state index in [1.165, 1.54) is 12.1 Å². The number of hydrogen-bond acceptors (Lipinski definition) is 4. The molecule has 0 saturated carbocycles. The van der Waals surface area contributed by atoms with Crippen LogP contribution in [0.3, 0.4) is 0 Å². The summed E-state index contributed by atoms with van der Waals surface area (Å²) < 4.78 is 19.2. The van der Waals surface area contributed by atoms with Crippen LogP contribution in [0.1, 0.15) is 34.0 Å². The maximum absolute atomic E-state index is 13.2. The number of rotatable bonds is 2. The van der Waals surface area contributed by atoms with Crippen molar-refractivity contribution in [3.63, 3.8) is 0 Å². The van der Waals surface area contributed by atoms with Crippen LogP contribution in [0, 0.1) is 5.82 Å². The predicted molar refractivity (Wildman–Crippen MR) is 106 cm³/mol. The van der Waals surface area contributed by atoms with Crippen molar-refractivity contribution in [2.75, 3.05) is 5.73 Å². The fourth-order valence-corrected chi connectivity index (χ4v) is 3.93. The number of anilines is 1. The van der Waals surface area contributed by atoms with E-state index in [2.05, 4.69) is 4.98 Å². The van der Waals surface area contributed by atoms with Gasteiger partial charge in [-0.2, -0.15) is 0 Å². The summed E-state index contributed by atoms with van der Waals surface area (Å²) >= 11 is 0. The van der Waals surface area contributed by atoms with E-state index in [1.54, 1.807) is 12.1 Å². The van der Waals surface area contributed by atoms with Crippen molar-refractivity contribution in [3.05, 3.63) is 83.3 Å². The fourth-order valence-electron chi connectivity index (χ4n) is 3.93. The molecule has 1 aliphatic carbocycles. The average molecular weight is 372 g/mol. The SMILES string of the molecule is Nc1c2c(nc3oc(-c4ccccc4)cc13)CC(c1ccc(F)cc1)CC2=O. The Balaban J connectivity index is 1.60. The Morgan fingerprint density at radius 1 is 1.04 bits per heavy atom. The van der Waals surface area contributed by atoms with Crippen LogP contribution in [0.25, 0.3) is 22.4 Å². The number of halogens is 1. The molecule has 0 amide bonds. The minimum absolute atomic E-state index is 0.0371. The van der Waals surface area contributed by atoms with Crippen molar-refractivity contribution in [3.8, 4) is 11.3 Å². The van der Waals surface area contributed by atoms with Crippen LogP contribution in [0.4, 0.5) is 10.1 Å². The van der Waals surface area contributed by atoms with Crippen molar-refractivity contribution >= 4 is 22.6 Å². The lowest BCUT2D eigenvalue weighted by molar-refractivity contribution is 0.0964. The molecule has 1 unspecified atom stereocenters. The van der Waals surface area contributed by atoms with E-state index in [0.717, 1.165) is 11.1 Å². The van der Waals surface area contributed by atoms with Gasteiger partial charge < -0.3 is 10.2 Å². The van der Waals surface area contributed by atoms with Gasteiger partial charge in [-0.15, -0.1) is 0 Å². The molecule has 5 rings (SSSR count). The predicted octanol–water partition coefficient (Wildman–Crippen LogP) is 5.13. The van der Waals surface area contributed by atoms with Gasteiger partial charge >= 0.3 is 0 Å². The smallest absolute Gasteiger partial charge is 0.229 e. The number of fused-ring (bicyclic) bond motifs is 2. The number of aromatic nitrogens is 1. The van der Waals surface area contributed by atoms with Crippen molar-refractivity contribution in [2.24, 2.45) is 0 Å². The fraction of sp³-hybridized carbons (Fsp3) is 0.130. The third kappa shape index (κ3) is 2.67. The number of nitrogens with two attached hydrogens (primary N) is 1. The molecule has 138 valence electrons. The molecule has 0 fully saturated rings. The van der Waals surface area contributed by atoms with E-state index in [9.17, 15) is 9.18 Å². The standard InChI is InChI=1S/C23H17FN2O2/c24-16-8-6-13(7-9-16)15-10-18-21(19(27)11-15)22(25)17-12-20(28-23(17)26-18)14-4-2-1-3-5-14/h1-9,12,15H,10-11H2,(H2,25,26). The van der Waals surface area contributed by atoms with E-state index in [1.807, 2.05) is 36.4 Å². The number of carbonyl (C=O) groups excluding carboxylic acids is 1. The molecule has 0 saturated heterocycles. The Hall–Kier alpha value is -3.47. The molecule has 0 spiro atoms. The Morgan fingerprint density at radius 2 is 1.79 bits per heavy atom. The molecule has 5 heteroatoms. The first kappa shape index (κ1) is 16.7. The molecule has 2 aromatic carbocycles. The van der Waals surface area contributed by atoms with Crippen LogP contribution in [-0.2, 0) is 6.42 Å². The van der Waals surface area contributed by atoms with Crippen molar-refractivity contribution < 1.29 is 13.6 Å². The Labute approximate surface area is 160 Å². The van der Waals surface area contributed by atoms with Gasteiger partial charge in [0, 0.05) is 12.0 Å². The lowest BCUT2D eigenvalue weighted by atomic mass is 9.81. The normalized spacial score (nSPS) is 16.3. The number of Topliss-reactive ketones (excluding diaryl/α,β-unsaturated/α-hetero) is 1. The van der Waals surface area contributed by atoms with Gasteiger partial charge in [-0.25, -0.2) is 9.37 Å². The maximum atomic E-state index is 13.2. The first-order valence-corrected chi connectivity index (χ1v) is 9.16. The van der Waals surface area contributed by atoms with Gasteiger partial charge in [-0.1, -0.05) is 42.5 Å². The van der Waals surface area contributed by atoms with Crippen LogP contribution in [0.5, 0.6) is 0 Å². The Kier molecular flexibility index (Phi) is 3.76. The quantitative estimate of drug-likeness (QED) is 0.530. The summed E-state index contributed by atoms with van der Waals surface area (Å²) in [5, 5.41) is 0.659. The van der Waals surface area contributed by atoms with E-state index in [0.29, 0.717) is 46.6 Å². The van der Waals surface area contributed by atoms with E-state index in [4.69, 9.17) is 10.2 Å². The number of benzene rings is 2. The molecule has 4 nitrogen and oxygen atoms in total. The summed E-state index contributed by atoms with van der Waals surface area (Å²) in [7, 11) is 0. The highest BCUT2D eigenvalue weighted by Gasteiger charge is 2.31. The van der Waals surface area contributed by atoms with E-state index >= 15 is 0 Å². The zero-order chi connectivity index (χ0) is 19.3. The van der Waals surface area contributed by atoms with Crippen LogP contribution in [0.15, 0.2) is 65.1 Å². The number of furan rings is 1. The summed E-state index contributed by atoms with van der Waals surface area (Å²) in [4.78, 5) is 17.5. The van der Waals surface area contributed by atoms with Crippen molar-refractivity contribution in [2.45, 2.75) is 18.8 Å². The lowest BCUT2D eigenvalue weighted by Crippen LogP contribution is -2.21. The van der Waals surface area contributed by atoms with Gasteiger partial charge in [0.25, 0.3) is 0 Å². The topological polar surface area (TPSA) is 69.1 Å². The monoisotopic (exact) mass is 372 g/mol. The minimum Gasteiger partial charge on any atom is -0.438 e. The van der Waals surface area contributed by atoms with E-state index in [-0.39, 0.29) is 17.5 Å². The second-order valence-corrected chi connectivity index (χ2v) is 7.12. The van der Waals surface area contributed by atoms with Crippen LogP contribution in [-0.4, -0.2) is 10.8 Å². The number of carbonyl (C=O) groups is 1. The molecule has 2 aromatic heterocycles. The number of hydrogen-bond donors (Lipinski definition) is 1. The Morgan fingerprint density at radius 3 is 2.54 bits per heavy atom. The number of ketones is 1. The molecule has 2 heterocycles. The largest absolute Gasteiger partial charge is 0.438 e. The summed E-state index contributed by atoms with van der Waals surface area (Å²) in [5.74, 6) is 0.289. The summed E-state index contributed by atoms with van der Waals surface area (Å²) in [6.07, 6.45) is 0.896. The molecule has 2 N–H and O–H groups in total. The molecule has 28 heavy (non-hydrogen) atoms. The summed E-state index contributed by atoms with van der Waals surface area (Å²) in [6, 6.07) is 17.8. The van der Waals surface area contributed by atoms with Gasteiger partial charge in [0.15, 0.2) is 5.78 Å². The van der Waals surface area contributed by atoms with Gasteiger partial charge in [-0.3, -0.25) is 4.79 Å². The average Bonchev–Trinajstić information content (AvgIpc) is 3.13. The molecule has 1 aliphatic rings. The molecule has 0 aliphatic heterocycles. The first-order valence-electron chi connectivity index (χ1n) is 9.16. The van der Waals surface area contributed by atoms with Gasteiger partial charge in [0.05, 0.1) is 22.3 Å². The number of nitrogens with zero attached hydrogens (tertiary/aromatic N) is 1. The third-order valence-corrected chi connectivity index (χ3v) is 5.35. The van der Waals surface area contributed by atoms with Crippen molar-refractivity contribution in [1.82, 2.24) is 4.98 Å². The summed E-state index contributed by atoms with van der Waals surface area (Å²) in [6.45, 7) is 0. The highest BCUT2D eigenvalue weighted by molar-refractivity contribution is 6.09. The minimum atomic E-state index is -0.292. The van der Waals surface area contributed by atoms with Crippen LogP contribution in [0.2, 0.25) is 0 Å².